The van der Waals surface area contributed by atoms with Crippen LogP contribution in [0, 0.1) is 0 Å². The van der Waals surface area contributed by atoms with Gasteiger partial charge in [-0.05, 0) is 84.6 Å². The fraction of sp³-hybridized carbons (Fsp3) is 0.550. The van der Waals surface area contributed by atoms with Gasteiger partial charge in [0.2, 0.25) is 5.91 Å². The molecule has 2 aromatic carbocycles. The molecule has 0 aromatic heterocycles. The van der Waals surface area contributed by atoms with Crippen LogP contribution < -0.4 is 10.6 Å². The van der Waals surface area contributed by atoms with Gasteiger partial charge in [-0.2, -0.15) is 0 Å². The molecule has 15 nitrogen and oxygen atoms in total. The van der Waals surface area contributed by atoms with E-state index in [1.807, 2.05) is 48.5 Å². The normalized spacial score (nSPS) is 13.4. The number of carboxylic acids is 1. The van der Waals surface area contributed by atoms with Crippen LogP contribution in [-0.4, -0.2) is 126 Å². The largest absolute Gasteiger partial charge is 0.480 e. The zero-order chi connectivity index (χ0) is 41.1. The zero-order valence-electron chi connectivity index (χ0n) is 33.4. The lowest BCUT2D eigenvalue weighted by atomic mass is 9.98. The second kappa shape index (κ2) is 19.0. The highest BCUT2D eigenvalue weighted by atomic mass is 16.6. The summed E-state index contributed by atoms with van der Waals surface area (Å²) in [4.78, 5) is 79.3. The first-order valence-electron chi connectivity index (χ1n) is 18.2. The van der Waals surface area contributed by atoms with E-state index in [1.54, 1.807) is 62.3 Å². The lowest BCUT2D eigenvalue weighted by Gasteiger charge is -2.29. The summed E-state index contributed by atoms with van der Waals surface area (Å²) in [6.45, 7) is 13.6. The quantitative estimate of drug-likeness (QED) is 0.156. The Kier molecular flexibility index (Phi) is 15.4. The average molecular weight is 769 g/mol. The van der Waals surface area contributed by atoms with Crippen molar-refractivity contribution >= 4 is 35.9 Å². The molecule has 1 aliphatic rings. The third-order valence-electron chi connectivity index (χ3n) is 7.86. The number of alkyl carbamates (subject to hydrolysis) is 1. The van der Waals surface area contributed by atoms with Crippen LogP contribution in [0.2, 0.25) is 0 Å². The molecule has 2 amide bonds. The van der Waals surface area contributed by atoms with Crippen molar-refractivity contribution in [3.05, 3.63) is 59.7 Å². The maximum atomic E-state index is 13.2. The molecule has 0 unspecified atom stereocenters. The molecule has 0 bridgehead atoms. The first kappa shape index (κ1) is 44.4. The number of rotatable bonds is 17. The van der Waals surface area contributed by atoms with Gasteiger partial charge in [0.1, 0.15) is 29.5 Å². The number of esters is 3. The van der Waals surface area contributed by atoms with Crippen LogP contribution in [0.25, 0.3) is 11.1 Å². The predicted molar refractivity (Wildman–Crippen MR) is 203 cm³/mol. The van der Waals surface area contributed by atoms with E-state index >= 15 is 0 Å². The summed E-state index contributed by atoms with van der Waals surface area (Å²) >= 11 is 0. The summed E-state index contributed by atoms with van der Waals surface area (Å²) < 4.78 is 21.8. The van der Waals surface area contributed by atoms with Crippen LogP contribution in [0.15, 0.2) is 48.5 Å². The minimum absolute atomic E-state index is 0.0125. The van der Waals surface area contributed by atoms with Gasteiger partial charge in [-0.25, -0.2) is 9.59 Å². The smallest absolute Gasteiger partial charge is 0.407 e. The third kappa shape index (κ3) is 15.7. The summed E-state index contributed by atoms with van der Waals surface area (Å²) in [5.74, 6) is -4.10. The molecule has 1 atom stereocenters. The van der Waals surface area contributed by atoms with E-state index in [2.05, 4.69) is 10.6 Å². The van der Waals surface area contributed by atoms with Gasteiger partial charge >= 0.3 is 30.0 Å². The van der Waals surface area contributed by atoms with Crippen molar-refractivity contribution in [2.45, 2.75) is 91.1 Å². The van der Waals surface area contributed by atoms with E-state index in [1.165, 1.54) is 9.80 Å². The number of hydrogen-bond donors (Lipinski definition) is 3. The number of nitrogens with one attached hydrogen (secondary N) is 2. The Morgan fingerprint density at radius 1 is 0.655 bits per heavy atom. The molecule has 0 fully saturated rings. The number of carbonyl (C=O) groups is 6. The zero-order valence-corrected chi connectivity index (χ0v) is 33.4. The molecule has 2 aromatic rings. The monoisotopic (exact) mass is 768 g/mol. The molecule has 0 spiro atoms. The van der Waals surface area contributed by atoms with E-state index in [-0.39, 0.29) is 51.8 Å². The second-order valence-corrected chi connectivity index (χ2v) is 16.3. The number of carboxylic acid groups (broad SMARTS) is 1. The molecule has 0 radical (unpaired) electrons. The number of hydrogen-bond acceptors (Lipinski definition) is 12. The van der Waals surface area contributed by atoms with Gasteiger partial charge in [0.05, 0.1) is 26.2 Å². The van der Waals surface area contributed by atoms with Gasteiger partial charge in [0.25, 0.3) is 0 Å². The molecular formula is C40H56N4O11. The number of aliphatic carboxylic acids is 1. The Morgan fingerprint density at radius 3 is 1.45 bits per heavy atom. The number of fused-ring (bicyclic) bond motifs is 3. The SMILES string of the molecule is CC(C)(C)OC(=O)CN(CCN(CC(=O)OC(C)(C)C)CC(=O)OC(C)(C)C)CC(=O)NC[C@H](NC(=O)OCC1c2ccccc2-c2ccccc21)C(=O)O. The Labute approximate surface area is 323 Å². The Bertz CT molecular complexity index is 1620. The van der Waals surface area contributed by atoms with Crippen LogP contribution in [0.5, 0.6) is 0 Å². The van der Waals surface area contributed by atoms with Gasteiger partial charge in [0.15, 0.2) is 0 Å². The second-order valence-electron chi connectivity index (χ2n) is 16.3. The highest BCUT2D eigenvalue weighted by molar-refractivity contribution is 5.83. The highest BCUT2D eigenvalue weighted by Gasteiger charge is 2.31. The van der Waals surface area contributed by atoms with E-state index in [4.69, 9.17) is 18.9 Å². The lowest BCUT2D eigenvalue weighted by Crippen LogP contribution is -2.51. The third-order valence-corrected chi connectivity index (χ3v) is 7.86. The summed E-state index contributed by atoms with van der Waals surface area (Å²) in [5.41, 5.74) is 1.70. The molecule has 0 saturated heterocycles. The standard InChI is InChI=1S/C40H56N4O11/c1-38(2,3)53-33(46)22-43(18-19-44(23-34(47)54-39(4,5)6)24-35(48)55-40(7,8)9)21-32(45)41-20-31(36(49)50)42-37(51)52-25-30-28-16-12-10-14-26(28)27-15-11-13-17-29(27)30/h10-17,30-31H,18-25H2,1-9H3,(H,41,45)(H,42,51)(H,49,50)/t31-/m0/s1. The molecule has 0 heterocycles. The van der Waals surface area contributed by atoms with Crippen molar-refractivity contribution in [2.75, 3.05) is 52.4 Å². The first-order chi connectivity index (χ1) is 25.5. The fourth-order valence-corrected chi connectivity index (χ4v) is 5.84. The Morgan fingerprint density at radius 2 is 1.05 bits per heavy atom. The molecule has 3 N–H and O–H groups in total. The van der Waals surface area contributed by atoms with Crippen molar-refractivity contribution in [3.63, 3.8) is 0 Å². The first-order valence-corrected chi connectivity index (χ1v) is 18.2. The lowest BCUT2D eigenvalue weighted by molar-refractivity contribution is -0.161. The van der Waals surface area contributed by atoms with Crippen LogP contribution in [0.4, 0.5) is 4.79 Å². The number of carbonyl (C=O) groups excluding carboxylic acids is 5. The summed E-state index contributed by atoms with van der Waals surface area (Å²) in [6, 6.07) is 14.1. The summed E-state index contributed by atoms with van der Waals surface area (Å²) in [5, 5.41) is 14.6. The van der Waals surface area contributed by atoms with Crippen LogP contribution in [0.3, 0.4) is 0 Å². The van der Waals surface area contributed by atoms with Gasteiger partial charge in [-0.3, -0.25) is 29.0 Å². The molecule has 1 aliphatic carbocycles. The van der Waals surface area contributed by atoms with Crippen molar-refractivity contribution in [3.8, 4) is 11.1 Å². The van der Waals surface area contributed by atoms with Crippen molar-refractivity contribution in [1.82, 2.24) is 20.4 Å². The van der Waals surface area contributed by atoms with Crippen molar-refractivity contribution in [2.24, 2.45) is 0 Å². The number of benzene rings is 2. The van der Waals surface area contributed by atoms with Gasteiger partial charge in [0, 0.05) is 25.6 Å². The minimum atomic E-state index is -1.53. The van der Waals surface area contributed by atoms with E-state index < -0.39 is 65.3 Å². The van der Waals surface area contributed by atoms with E-state index in [9.17, 15) is 33.9 Å². The van der Waals surface area contributed by atoms with Crippen LogP contribution in [0.1, 0.15) is 79.4 Å². The minimum Gasteiger partial charge on any atom is -0.480 e. The van der Waals surface area contributed by atoms with Gasteiger partial charge < -0.3 is 34.7 Å². The number of ether oxygens (including phenoxy) is 4. The fourth-order valence-electron chi connectivity index (χ4n) is 5.84. The Balaban J connectivity index is 1.64. The number of nitrogens with zero attached hydrogens (tertiary/aromatic N) is 2. The molecular weight excluding hydrogens is 712 g/mol. The summed E-state index contributed by atoms with van der Waals surface area (Å²) in [6.07, 6.45) is -0.967. The maximum absolute atomic E-state index is 13.2. The van der Waals surface area contributed by atoms with Crippen LogP contribution in [-0.2, 0) is 42.9 Å². The van der Waals surface area contributed by atoms with E-state index in [0.29, 0.717) is 0 Å². The van der Waals surface area contributed by atoms with Gasteiger partial charge in [-0.15, -0.1) is 0 Å². The molecule has 55 heavy (non-hydrogen) atoms. The summed E-state index contributed by atoms with van der Waals surface area (Å²) in [7, 11) is 0. The highest BCUT2D eigenvalue weighted by Crippen LogP contribution is 2.44. The van der Waals surface area contributed by atoms with Crippen molar-refractivity contribution < 1.29 is 52.8 Å². The molecule has 0 saturated carbocycles. The van der Waals surface area contributed by atoms with Crippen LogP contribution >= 0.6 is 0 Å². The van der Waals surface area contributed by atoms with Gasteiger partial charge in [-0.1, -0.05) is 48.5 Å². The topological polar surface area (TPSA) is 190 Å². The predicted octanol–water partition coefficient (Wildman–Crippen LogP) is 3.72. The molecule has 302 valence electrons. The molecule has 0 aliphatic heterocycles. The maximum Gasteiger partial charge on any atom is 0.407 e. The average Bonchev–Trinajstić information content (AvgIpc) is 3.35. The molecule has 15 heteroatoms. The Hall–Kier alpha value is -5.02. The number of amides is 2. The van der Waals surface area contributed by atoms with E-state index in [0.717, 1.165) is 22.3 Å². The van der Waals surface area contributed by atoms with Crippen molar-refractivity contribution in [1.29, 1.82) is 0 Å². The molecule has 3 rings (SSSR count).